The number of hydrogen-bond donors (Lipinski definition) is 0. The average Bonchev–Trinajstić information content (AvgIpc) is 3.32. The fraction of sp³-hybridized carbons (Fsp3) is 0.148. The molecule has 0 aliphatic heterocycles. The van der Waals surface area contributed by atoms with E-state index in [0.717, 1.165) is 11.1 Å². The van der Waals surface area contributed by atoms with Crippen LogP contribution in [0.15, 0.2) is 101 Å². The largest absolute Gasteiger partial charge is 0.497 e. The SMILES string of the molecule is COc1cccc(-n2c(=O)n(Cc3ccccc3)c(=O)c3c2ncn3[C@H](C)c2ccccc2)c1. The molecule has 0 fully saturated rings. The minimum Gasteiger partial charge on any atom is -0.497 e. The molecule has 2 aromatic heterocycles. The first-order valence-corrected chi connectivity index (χ1v) is 11.0. The predicted molar refractivity (Wildman–Crippen MR) is 132 cm³/mol. The molecule has 7 heteroatoms. The van der Waals surface area contributed by atoms with E-state index in [2.05, 4.69) is 4.98 Å². The van der Waals surface area contributed by atoms with Crippen LogP contribution in [0.4, 0.5) is 0 Å². The zero-order chi connectivity index (χ0) is 23.7. The Morgan fingerprint density at radius 1 is 0.912 bits per heavy atom. The van der Waals surface area contributed by atoms with Crippen molar-refractivity contribution in [2.45, 2.75) is 19.5 Å². The second-order valence-corrected chi connectivity index (χ2v) is 8.11. The van der Waals surface area contributed by atoms with Gasteiger partial charge in [-0.1, -0.05) is 66.7 Å². The van der Waals surface area contributed by atoms with Gasteiger partial charge < -0.3 is 9.30 Å². The summed E-state index contributed by atoms with van der Waals surface area (Å²) >= 11 is 0. The summed E-state index contributed by atoms with van der Waals surface area (Å²) < 4.78 is 9.96. The van der Waals surface area contributed by atoms with E-state index in [-0.39, 0.29) is 18.1 Å². The third-order valence-electron chi connectivity index (χ3n) is 6.05. The number of aromatic nitrogens is 4. The lowest BCUT2D eigenvalue weighted by Crippen LogP contribution is -2.40. The van der Waals surface area contributed by atoms with Crippen molar-refractivity contribution in [2.24, 2.45) is 0 Å². The van der Waals surface area contributed by atoms with Crippen molar-refractivity contribution in [1.82, 2.24) is 18.7 Å². The van der Waals surface area contributed by atoms with Gasteiger partial charge in [0.1, 0.15) is 5.75 Å². The zero-order valence-corrected chi connectivity index (χ0v) is 19.0. The fourth-order valence-electron chi connectivity index (χ4n) is 4.22. The zero-order valence-electron chi connectivity index (χ0n) is 19.0. The molecule has 0 aliphatic carbocycles. The summed E-state index contributed by atoms with van der Waals surface area (Å²) in [5.41, 5.74) is 2.34. The summed E-state index contributed by atoms with van der Waals surface area (Å²) in [4.78, 5) is 32.0. The van der Waals surface area contributed by atoms with Gasteiger partial charge in [0, 0.05) is 6.07 Å². The molecule has 0 amide bonds. The minimum atomic E-state index is -0.452. The van der Waals surface area contributed by atoms with E-state index in [1.165, 1.54) is 9.13 Å². The quantitative estimate of drug-likeness (QED) is 0.390. The van der Waals surface area contributed by atoms with Crippen molar-refractivity contribution in [2.75, 3.05) is 7.11 Å². The van der Waals surface area contributed by atoms with Gasteiger partial charge in [-0.2, -0.15) is 0 Å². The summed E-state index contributed by atoms with van der Waals surface area (Å²) in [6.45, 7) is 2.17. The van der Waals surface area contributed by atoms with Gasteiger partial charge in [-0.25, -0.2) is 14.3 Å². The first-order valence-electron chi connectivity index (χ1n) is 11.0. The standard InChI is InChI=1S/C27H24N4O3/c1-19(21-12-7-4-8-13-21)30-18-28-25-24(30)26(32)29(17-20-10-5-3-6-11-20)27(33)31(25)22-14-9-15-23(16-22)34-2/h3-16,18-19H,17H2,1-2H3/t19-/m1/s1. The number of hydrogen-bond acceptors (Lipinski definition) is 4. The van der Waals surface area contributed by atoms with Crippen LogP contribution in [0, 0.1) is 0 Å². The number of fused-ring (bicyclic) bond motifs is 1. The normalized spacial score (nSPS) is 12.1. The van der Waals surface area contributed by atoms with Crippen LogP contribution in [-0.2, 0) is 6.54 Å². The van der Waals surface area contributed by atoms with Crippen molar-refractivity contribution >= 4 is 11.2 Å². The van der Waals surface area contributed by atoms with Crippen molar-refractivity contribution in [3.63, 3.8) is 0 Å². The molecule has 5 rings (SSSR count). The predicted octanol–water partition coefficient (Wildman–Crippen LogP) is 4.02. The van der Waals surface area contributed by atoms with Crippen LogP contribution in [0.2, 0.25) is 0 Å². The van der Waals surface area contributed by atoms with Crippen molar-refractivity contribution in [3.05, 3.63) is 123 Å². The van der Waals surface area contributed by atoms with Crippen LogP contribution in [-0.4, -0.2) is 25.8 Å². The molecule has 0 aliphatic rings. The molecule has 5 aromatic rings. The lowest BCUT2D eigenvalue weighted by Gasteiger charge is -2.17. The van der Waals surface area contributed by atoms with Crippen LogP contribution in [0.25, 0.3) is 16.9 Å². The molecular formula is C27H24N4O3. The van der Waals surface area contributed by atoms with Gasteiger partial charge in [-0.3, -0.25) is 9.36 Å². The highest BCUT2D eigenvalue weighted by Crippen LogP contribution is 2.23. The Labute approximate surface area is 196 Å². The third-order valence-corrected chi connectivity index (χ3v) is 6.05. The molecule has 3 aromatic carbocycles. The van der Waals surface area contributed by atoms with Gasteiger partial charge in [-0.05, 0) is 30.2 Å². The molecule has 0 saturated carbocycles. The summed E-state index contributed by atoms with van der Waals surface area (Å²) in [5.74, 6) is 0.607. The molecule has 170 valence electrons. The third kappa shape index (κ3) is 3.71. The van der Waals surface area contributed by atoms with Gasteiger partial charge in [0.05, 0.1) is 31.7 Å². The second kappa shape index (κ2) is 8.86. The maximum atomic E-state index is 13.7. The molecule has 1 atom stereocenters. The van der Waals surface area contributed by atoms with Crippen LogP contribution in [0.3, 0.4) is 0 Å². The lowest BCUT2D eigenvalue weighted by molar-refractivity contribution is 0.414. The van der Waals surface area contributed by atoms with Crippen LogP contribution in [0.5, 0.6) is 5.75 Å². The van der Waals surface area contributed by atoms with Crippen LogP contribution < -0.4 is 16.0 Å². The number of imidazole rings is 1. The maximum Gasteiger partial charge on any atom is 0.337 e. The van der Waals surface area contributed by atoms with E-state index in [1.807, 2.05) is 84.3 Å². The molecule has 34 heavy (non-hydrogen) atoms. The topological polar surface area (TPSA) is 71.1 Å². The second-order valence-electron chi connectivity index (χ2n) is 8.11. The Kier molecular flexibility index (Phi) is 5.59. The maximum absolute atomic E-state index is 13.7. The highest BCUT2D eigenvalue weighted by Gasteiger charge is 2.22. The molecule has 0 bridgehead atoms. The molecule has 0 radical (unpaired) electrons. The molecule has 0 saturated heterocycles. The van der Waals surface area contributed by atoms with E-state index < -0.39 is 5.69 Å². The van der Waals surface area contributed by atoms with E-state index in [0.29, 0.717) is 22.6 Å². The Bertz CT molecular complexity index is 1570. The first-order chi connectivity index (χ1) is 16.6. The number of benzene rings is 3. The Morgan fingerprint density at radius 2 is 1.62 bits per heavy atom. The Hall–Kier alpha value is -4.39. The number of methoxy groups -OCH3 is 1. The smallest absolute Gasteiger partial charge is 0.337 e. The molecule has 0 N–H and O–H groups in total. The molecule has 0 spiro atoms. The van der Waals surface area contributed by atoms with Crippen molar-refractivity contribution in [3.8, 4) is 11.4 Å². The van der Waals surface area contributed by atoms with E-state index in [9.17, 15) is 9.59 Å². The van der Waals surface area contributed by atoms with Crippen LogP contribution in [0.1, 0.15) is 24.1 Å². The van der Waals surface area contributed by atoms with Crippen LogP contribution >= 0.6 is 0 Å². The number of nitrogens with zero attached hydrogens (tertiary/aromatic N) is 4. The fourth-order valence-corrected chi connectivity index (χ4v) is 4.22. The molecular weight excluding hydrogens is 428 g/mol. The minimum absolute atomic E-state index is 0.152. The highest BCUT2D eigenvalue weighted by molar-refractivity contribution is 5.73. The van der Waals surface area contributed by atoms with Crippen molar-refractivity contribution in [1.29, 1.82) is 0 Å². The van der Waals surface area contributed by atoms with Gasteiger partial charge in [-0.15, -0.1) is 0 Å². The van der Waals surface area contributed by atoms with Gasteiger partial charge >= 0.3 is 5.69 Å². The molecule has 7 nitrogen and oxygen atoms in total. The average molecular weight is 453 g/mol. The Morgan fingerprint density at radius 3 is 2.32 bits per heavy atom. The number of ether oxygens (including phenoxy) is 1. The van der Waals surface area contributed by atoms with Gasteiger partial charge in [0.25, 0.3) is 5.56 Å². The summed E-state index contributed by atoms with van der Waals surface area (Å²) in [7, 11) is 1.57. The summed E-state index contributed by atoms with van der Waals surface area (Å²) in [6, 6.07) is 26.4. The van der Waals surface area contributed by atoms with Crippen molar-refractivity contribution < 1.29 is 4.74 Å². The number of rotatable bonds is 6. The summed E-state index contributed by atoms with van der Waals surface area (Å²) in [6.07, 6.45) is 1.63. The van der Waals surface area contributed by atoms with Gasteiger partial charge in [0.15, 0.2) is 11.2 Å². The first kappa shape index (κ1) is 21.5. The molecule has 2 heterocycles. The molecule has 0 unspecified atom stereocenters. The van der Waals surface area contributed by atoms with E-state index >= 15 is 0 Å². The summed E-state index contributed by atoms with van der Waals surface area (Å²) in [5, 5.41) is 0. The van der Waals surface area contributed by atoms with E-state index in [4.69, 9.17) is 4.74 Å². The lowest BCUT2D eigenvalue weighted by atomic mass is 10.1. The van der Waals surface area contributed by atoms with E-state index in [1.54, 1.807) is 25.6 Å². The monoisotopic (exact) mass is 452 g/mol. The highest BCUT2D eigenvalue weighted by atomic mass is 16.5. The Balaban J connectivity index is 1.80. The van der Waals surface area contributed by atoms with Gasteiger partial charge in [0.2, 0.25) is 0 Å².